The normalized spacial score (nSPS) is 14.4. The average molecular weight is 303 g/mol. The lowest BCUT2D eigenvalue weighted by atomic mass is 10.0. The van der Waals surface area contributed by atoms with Crippen LogP contribution in [0.3, 0.4) is 0 Å². The van der Waals surface area contributed by atoms with E-state index in [9.17, 15) is 0 Å². The topological polar surface area (TPSA) is 16.1 Å². The molecule has 1 aliphatic heterocycles. The highest BCUT2D eigenvalue weighted by Gasteiger charge is 2.20. The maximum atomic E-state index is 4.54. The molecular formula is C15H15BrN2. The molecule has 3 rings (SSSR count). The maximum absolute atomic E-state index is 4.54. The van der Waals surface area contributed by atoms with Crippen molar-refractivity contribution in [2.45, 2.75) is 19.8 Å². The predicted molar refractivity (Wildman–Crippen MR) is 78.4 cm³/mol. The van der Waals surface area contributed by atoms with Crippen LogP contribution in [-0.2, 0) is 6.42 Å². The number of nitrogens with zero attached hydrogens (tertiary/aromatic N) is 2. The van der Waals surface area contributed by atoms with Gasteiger partial charge in [0.15, 0.2) is 0 Å². The average Bonchev–Trinajstić information content (AvgIpc) is 2.41. The maximum Gasteiger partial charge on any atom is 0.147 e. The first-order chi connectivity index (χ1) is 8.77. The quantitative estimate of drug-likeness (QED) is 0.783. The highest BCUT2D eigenvalue weighted by atomic mass is 79.9. The monoisotopic (exact) mass is 302 g/mol. The van der Waals surface area contributed by atoms with Crippen molar-refractivity contribution in [3.8, 4) is 0 Å². The first-order valence-corrected chi connectivity index (χ1v) is 7.03. The molecule has 0 saturated carbocycles. The number of anilines is 2. The van der Waals surface area contributed by atoms with Crippen molar-refractivity contribution >= 4 is 27.4 Å². The Morgan fingerprint density at radius 2 is 2.06 bits per heavy atom. The van der Waals surface area contributed by atoms with E-state index < -0.39 is 0 Å². The largest absolute Gasteiger partial charge is 0.325 e. The minimum atomic E-state index is 1.03. The molecule has 0 amide bonds. The van der Waals surface area contributed by atoms with Gasteiger partial charge < -0.3 is 4.90 Å². The molecule has 2 nitrogen and oxygen atoms in total. The van der Waals surface area contributed by atoms with E-state index in [1.54, 1.807) is 0 Å². The van der Waals surface area contributed by atoms with Crippen molar-refractivity contribution in [3.05, 3.63) is 52.1 Å². The van der Waals surface area contributed by atoms with Crippen LogP contribution in [0.1, 0.15) is 17.5 Å². The van der Waals surface area contributed by atoms with Crippen LogP contribution in [0.2, 0.25) is 0 Å². The fourth-order valence-electron chi connectivity index (χ4n) is 2.47. The molecule has 0 bridgehead atoms. The summed E-state index contributed by atoms with van der Waals surface area (Å²) in [6, 6.07) is 10.6. The van der Waals surface area contributed by atoms with Crippen LogP contribution in [0.4, 0.5) is 11.5 Å². The van der Waals surface area contributed by atoms with Crippen molar-refractivity contribution in [1.82, 2.24) is 4.98 Å². The Bertz CT molecular complexity index is 580. The number of hydrogen-bond acceptors (Lipinski definition) is 2. The second-order valence-electron chi connectivity index (χ2n) is 4.65. The minimum absolute atomic E-state index is 1.03. The molecule has 0 aliphatic carbocycles. The summed E-state index contributed by atoms with van der Waals surface area (Å²) in [7, 11) is 0. The molecular weight excluding hydrogens is 288 g/mol. The number of benzene rings is 1. The lowest BCUT2D eigenvalue weighted by Crippen LogP contribution is -2.25. The van der Waals surface area contributed by atoms with E-state index in [1.807, 2.05) is 12.3 Å². The van der Waals surface area contributed by atoms with Crippen LogP contribution in [0.25, 0.3) is 0 Å². The molecule has 0 atom stereocenters. The number of fused-ring (bicyclic) bond motifs is 1. The lowest BCUT2D eigenvalue weighted by Gasteiger charge is -2.31. The van der Waals surface area contributed by atoms with Gasteiger partial charge in [0, 0.05) is 18.4 Å². The molecule has 2 heterocycles. The molecule has 92 valence electrons. The van der Waals surface area contributed by atoms with Gasteiger partial charge in [0.2, 0.25) is 0 Å². The summed E-state index contributed by atoms with van der Waals surface area (Å²) in [4.78, 5) is 6.86. The Morgan fingerprint density at radius 1 is 1.22 bits per heavy atom. The van der Waals surface area contributed by atoms with Crippen molar-refractivity contribution in [2.75, 3.05) is 11.4 Å². The van der Waals surface area contributed by atoms with Crippen LogP contribution >= 0.6 is 15.9 Å². The van der Waals surface area contributed by atoms with Crippen molar-refractivity contribution in [3.63, 3.8) is 0 Å². The summed E-state index contributed by atoms with van der Waals surface area (Å²) in [5, 5.41) is 0. The van der Waals surface area contributed by atoms with Crippen molar-refractivity contribution < 1.29 is 0 Å². The first-order valence-electron chi connectivity index (χ1n) is 6.24. The molecule has 18 heavy (non-hydrogen) atoms. The molecule has 0 N–H and O–H groups in total. The molecule has 0 saturated heterocycles. The van der Waals surface area contributed by atoms with Crippen LogP contribution in [0.5, 0.6) is 0 Å². The van der Waals surface area contributed by atoms with Crippen LogP contribution in [-0.4, -0.2) is 11.5 Å². The molecule has 0 unspecified atom stereocenters. The number of pyridine rings is 1. The molecule has 0 radical (unpaired) electrons. The van der Waals surface area contributed by atoms with Gasteiger partial charge in [-0.1, -0.05) is 18.2 Å². The first kappa shape index (κ1) is 11.7. The highest BCUT2D eigenvalue weighted by molar-refractivity contribution is 9.10. The number of halogens is 1. The third kappa shape index (κ3) is 1.93. The van der Waals surface area contributed by atoms with Crippen LogP contribution in [0.15, 0.2) is 41.0 Å². The summed E-state index contributed by atoms with van der Waals surface area (Å²) in [6.07, 6.45) is 4.22. The third-order valence-electron chi connectivity index (χ3n) is 3.43. The van der Waals surface area contributed by atoms with E-state index in [2.05, 4.69) is 57.0 Å². The standard InChI is InChI=1S/C15H15BrN2/c1-11-8-9-17-15(14(11)16)18-10-4-6-12-5-2-3-7-13(12)18/h2-3,5,7-9H,4,6,10H2,1H3. The number of aromatic nitrogens is 1. The lowest BCUT2D eigenvalue weighted by molar-refractivity contribution is 0.758. The summed E-state index contributed by atoms with van der Waals surface area (Å²) < 4.78 is 1.10. The summed E-state index contributed by atoms with van der Waals surface area (Å²) in [6.45, 7) is 3.14. The minimum Gasteiger partial charge on any atom is -0.325 e. The second kappa shape index (κ2) is 4.73. The van der Waals surface area contributed by atoms with E-state index in [4.69, 9.17) is 0 Å². The fourth-order valence-corrected chi connectivity index (χ4v) is 2.92. The van der Waals surface area contributed by atoms with Gasteiger partial charge in [-0.3, -0.25) is 0 Å². The van der Waals surface area contributed by atoms with E-state index in [1.165, 1.54) is 23.2 Å². The zero-order chi connectivity index (χ0) is 12.5. The van der Waals surface area contributed by atoms with E-state index in [-0.39, 0.29) is 0 Å². The second-order valence-corrected chi connectivity index (χ2v) is 5.44. The Hall–Kier alpha value is -1.35. The zero-order valence-corrected chi connectivity index (χ0v) is 11.9. The van der Waals surface area contributed by atoms with Gasteiger partial charge in [-0.2, -0.15) is 0 Å². The Kier molecular flexibility index (Phi) is 3.08. The molecule has 3 heteroatoms. The molecule has 2 aromatic rings. The summed E-state index contributed by atoms with van der Waals surface area (Å²) >= 11 is 3.66. The van der Waals surface area contributed by atoms with Gasteiger partial charge in [0.25, 0.3) is 0 Å². The molecule has 0 spiro atoms. The van der Waals surface area contributed by atoms with Crippen molar-refractivity contribution in [2.24, 2.45) is 0 Å². The Balaban J connectivity index is 2.11. The van der Waals surface area contributed by atoms with Gasteiger partial charge >= 0.3 is 0 Å². The summed E-state index contributed by atoms with van der Waals surface area (Å²) in [5.41, 5.74) is 3.93. The third-order valence-corrected chi connectivity index (χ3v) is 4.41. The molecule has 1 aromatic heterocycles. The van der Waals surface area contributed by atoms with Gasteiger partial charge in [-0.05, 0) is 59.0 Å². The number of rotatable bonds is 1. The fraction of sp³-hybridized carbons (Fsp3) is 0.267. The van der Waals surface area contributed by atoms with Gasteiger partial charge in [0.1, 0.15) is 5.82 Å². The number of hydrogen-bond donors (Lipinski definition) is 0. The SMILES string of the molecule is Cc1ccnc(N2CCCc3ccccc32)c1Br. The highest BCUT2D eigenvalue weighted by Crippen LogP contribution is 2.36. The number of aryl methyl sites for hydroxylation is 2. The predicted octanol–water partition coefficient (Wildman–Crippen LogP) is 4.24. The van der Waals surface area contributed by atoms with Crippen LogP contribution < -0.4 is 4.90 Å². The van der Waals surface area contributed by atoms with Gasteiger partial charge in [0.05, 0.1) is 4.47 Å². The van der Waals surface area contributed by atoms with Gasteiger partial charge in [-0.25, -0.2) is 4.98 Å². The summed E-state index contributed by atoms with van der Waals surface area (Å²) in [5.74, 6) is 1.03. The molecule has 0 fully saturated rings. The Morgan fingerprint density at radius 3 is 2.94 bits per heavy atom. The van der Waals surface area contributed by atoms with Crippen molar-refractivity contribution in [1.29, 1.82) is 0 Å². The molecule has 1 aromatic carbocycles. The van der Waals surface area contributed by atoms with E-state index in [0.717, 1.165) is 23.3 Å². The van der Waals surface area contributed by atoms with E-state index in [0.29, 0.717) is 0 Å². The van der Waals surface area contributed by atoms with E-state index >= 15 is 0 Å². The van der Waals surface area contributed by atoms with Gasteiger partial charge in [-0.15, -0.1) is 0 Å². The van der Waals surface area contributed by atoms with Crippen LogP contribution in [0, 0.1) is 6.92 Å². The smallest absolute Gasteiger partial charge is 0.147 e. The number of para-hydroxylation sites is 1. The molecule has 1 aliphatic rings. The Labute approximate surface area is 116 Å². The zero-order valence-electron chi connectivity index (χ0n) is 10.4.